The minimum atomic E-state index is 0.754. The Morgan fingerprint density at radius 3 is 3.27 bits per heavy atom. The van der Waals surface area contributed by atoms with E-state index < -0.39 is 0 Å². The van der Waals surface area contributed by atoms with Crippen molar-refractivity contribution in [1.29, 1.82) is 0 Å². The molecule has 3 nitrogen and oxygen atoms in total. The van der Waals surface area contributed by atoms with Crippen LogP contribution in [0.5, 0.6) is 5.75 Å². The summed E-state index contributed by atoms with van der Waals surface area (Å²) in [6, 6.07) is 6.38. The van der Waals surface area contributed by atoms with Crippen molar-refractivity contribution in [3.63, 3.8) is 0 Å². The molecule has 0 radical (unpaired) electrons. The van der Waals surface area contributed by atoms with Crippen LogP contribution in [0.15, 0.2) is 18.2 Å². The Kier molecular flexibility index (Phi) is 3.59. The molecule has 0 aromatic heterocycles. The van der Waals surface area contributed by atoms with E-state index in [0.29, 0.717) is 0 Å². The molecule has 0 unspecified atom stereocenters. The number of hydrogen-bond acceptors (Lipinski definition) is 3. The van der Waals surface area contributed by atoms with Crippen molar-refractivity contribution in [3.05, 3.63) is 29.3 Å². The monoisotopic (exact) mass is 207 g/mol. The van der Waals surface area contributed by atoms with Crippen LogP contribution in [0.4, 0.5) is 0 Å². The first kappa shape index (κ1) is 10.5. The lowest BCUT2D eigenvalue weighted by Gasteiger charge is -2.08. The summed E-state index contributed by atoms with van der Waals surface area (Å²) in [5, 5.41) is 3.33. The standard InChI is InChI=1S/C12H17NO2/c1-14-6-4-10-2-3-12-11(8-10)9-13-5-7-15-12/h2-3,8,13H,4-7,9H2,1H3. The van der Waals surface area contributed by atoms with Crippen LogP contribution < -0.4 is 10.1 Å². The van der Waals surface area contributed by atoms with Gasteiger partial charge in [-0.2, -0.15) is 0 Å². The molecule has 0 saturated heterocycles. The molecule has 1 aromatic carbocycles. The predicted molar refractivity (Wildman–Crippen MR) is 59.2 cm³/mol. The zero-order valence-corrected chi connectivity index (χ0v) is 9.08. The van der Waals surface area contributed by atoms with Gasteiger partial charge in [-0.1, -0.05) is 12.1 Å². The number of fused-ring (bicyclic) bond motifs is 1. The van der Waals surface area contributed by atoms with Crippen molar-refractivity contribution in [1.82, 2.24) is 5.32 Å². The lowest BCUT2D eigenvalue weighted by molar-refractivity contribution is 0.202. The molecule has 1 N–H and O–H groups in total. The van der Waals surface area contributed by atoms with E-state index in [1.54, 1.807) is 7.11 Å². The SMILES string of the molecule is COCCc1ccc2c(c1)CNCCO2. The van der Waals surface area contributed by atoms with Gasteiger partial charge in [0.05, 0.1) is 6.61 Å². The van der Waals surface area contributed by atoms with Crippen molar-refractivity contribution in [3.8, 4) is 5.75 Å². The minimum absolute atomic E-state index is 0.754. The Hall–Kier alpha value is -1.06. The van der Waals surface area contributed by atoms with Gasteiger partial charge in [-0.15, -0.1) is 0 Å². The van der Waals surface area contributed by atoms with Crippen LogP contribution in [-0.2, 0) is 17.7 Å². The normalized spacial score (nSPS) is 15.3. The number of ether oxygens (including phenoxy) is 2. The highest BCUT2D eigenvalue weighted by atomic mass is 16.5. The van der Waals surface area contributed by atoms with Gasteiger partial charge in [0.2, 0.25) is 0 Å². The second-order valence-electron chi connectivity index (χ2n) is 3.71. The van der Waals surface area contributed by atoms with Gasteiger partial charge in [-0.05, 0) is 18.1 Å². The van der Waals surface area contributed by atoms with Gasteiger partial charge in [0.15, 0.2) is 0 Å². The highest BCUT2D eigenvalue weighted by molar-refractivity contribution is 5.37. The molecule has 0 spiro atoms. The summed E-state index contributed by atoms with van der Waals surface area (Å²) >= 11 is 0. The molecule has 2 rings (SSSR count). The number of hydrogen-bond donors (Lipinski definition) is 1. The molecule has 0 atom stereocenters. The molecular formula is C12H17NO2. The molecule has 1 aliphatic heterocycles. The first-order valence-corrected chi connectivity index (χ1v) is 5.34. The maximum Gasteiger partial charge on any atom is 0.123 e. The molecule has 82 valence electrons. The summed E-state index contributed by atoms with van der Waals surface area (Å²) in [5.74, 6) is 1.01. The zero-order chi connectivity index (χ0) is 10.5. The molecule has 0 amide bonds. The quantitative estimate of drug-likeness (QED) is 0.811. The summed E-state index contributed by atoms with van der Waals surface area (Å²) in [5.41, 5.74) is 2.56. The average molecular weight is 207 g/mol. The van der Waals surface area contributed by atoms with E-state index >= 15 is 0 Å². The number of rotatable bonds is 3. The summed E-state index contributed by atoms with van der Waals surface area (Å²) in [4.78, 5) is 0. The molecule has 0 aliphatic carbocycles. The molecule has 0 fully saturated rings. The van der Waals surface area contributed by atoms with E-state index in [1.807, 2.05) is 0 Å². The fourth-order valence-corrected chi connectivity index (χ4v) is 1.74. The molecule has 0 bridgehead atoms. The van der Waals surface area contributed by atoms with E-state index in [4.69, 9.17) is 9.47 Å². The van der Waals surface area contributed by atoms with Crippen LogP contribution in [0.1, 0.15) is 11.1 Å². The maximum absolute atomic E-state index is 5.61. The second kappa shape index (κ2) is 5.14. The van der Waals surface area contributed by atoms with Crippen LogP contribution in [0.3, 0.4) is 0 Å². The van der Waals surface area contributed by atoms with E-state index in [1.165, 1.54) is 11.1 Å². The lowest BCUT2D eigenvalue weighted by atomic mass is 10.1. The maximum atomic E-state index is 5.61. The third-order valence-corrected chi connectivity index (χ3v) is 2.57. The largest absolute Gasteiger partial charge is 0.492 e. The van der Waals surface area contributed by atoms with E-state index in [-0.39, 0.29) is 0 Å². The van der Waals surface area contributed by atoms with Crippen molar-refractivity contribution >= 4 is 0 Å². The third-order valence-electron chi connectivity index (χ3n) is 2.57. The Morgan fingerprint density at radius 1 is 1.47 bits per heavy atom. The molecule has 1 aromatic rings. The van der Waals surface area contributed by atoms with Crippen LogP contribution in [0.2, 0.25) is 0 Å². The summed E-state index contributed by atoms with van der Waals surface area (Å²) < 4.78 is 10.7. The van der Waals surface area contributed by atoms with Crippen LogP contribution in [0.25, 0.3) is 0 Å². The Morgan fingerprint density at radius 2 is 2.40 bits per heavy atom. The van der Waals surface area contributed by atoms with Crippen LogP contribution >= 0.6 is 0 Å². The first-order valence-electron chi connectivity index (χ1n) is 5.34. The second-order valence-corrected chi connectivity index (χ2v) is 3.71. The van der Waals surface area contributed by atoms with E-state index in [0.717, 1.165) is 38.5 Å². The summed E-state index contributed by atoms with van der Waals surface area (Å²) in [6.45, 7) is 3.34. The van der Waals surface area contributed by atoms with Gasteiger partial charge in [0.1, 0.15) is 12.4 Å². The Bertz CT molecular complexity index is 325. The van der Waals surface area contributed by atoms with Gasteiger partial charge in [-0.25, -0.2) is 0 Å². The summed E-state index contributed by atoms with van der Waals surface area (Å²) in [6.07, 6.45) is 0.962. The van der Waals surface area contributed by atoms with E-state index in [2.05, 4.69) is 23.5 Å². The molecular weight excluding hydrogens is 190 g/mol. The van der Waals surface area contributed by atoms with Gasteiger partial charge in [0.25, 0.3) is 0 Å². The van der Waals surface area contributed by atoms with Crippen molar-refractivity contribution in [2.75, 3.05) is 26.9 Å². The number of benzene rings is 1. The number of methoxy groups -OCH3 is 1. The zero-order valence-electron chi connectivity index (χ0n) is 9.08. The first-order chi connectivity index (χ1) is 7.40. The lowest BCUT2D eigenvalue weighted by Crippen LogP contribution is -2.16. The fraction of sp³-hybridized carbons (Fsp3) is 0.500. The minimum Gasteiger partial charge on any atom is -0.492 e. The van der Waals surface area contributed by atoms with E-state index in [9.17, 15) is 0 Å². The highest BCUT2D eigenvalue weighted by Crippen LogP contribution is 2.21. The van der Waals surface area contributed by atoms with Crippen LogP contribution in [-0.4, -0.2) is 26.9 Å². The third kappa shape index (κ3) is 2.70. The smallest absolute Gasteiger partial charge is 0.123 e. The number of nitrogens with one attached hydrogen (secondary N) is 1. The topological polar surface area (TPSA) is 30.5 Å². The highest BCUT2D eigenvalue weighted by Gasteiger charge is 2.08. The Labute approximate surface area is 90.4 Å². The molecule has 3 heteroatoms. The fourth-order valence-electron chi connectivity index (χ4n) is 1.74. The predicted octanol–water partition coefficient (Wildman–Crippen LogP) is 1.36. The molecule has 0 saturated carbocycles. The van der Waals surface area contributed by atoms with Gasteiger partial charge < -0.3 is 14.8 Å². The van der Waals surface area contributed by atoms with Crippen LogP contribution in [0, 0.1) is 0 Å². The molecule has 15 heavy (non-hydrogen) atoms. The van der Waals surface area contributed by atoms with Gasteiger partial charge in [0, 0.05) is 25.8 Å². The summed E-state index contributed by atoms with van der Waals surface area (Å²) in [7, 11) is 1.73. The van der Waals surface area contributed by atoms with Crippen molar-refractivity contribution in [2.45, 2.75) is 13.0 Å². The van der Waals surface area contributed by atoms with Gasteiger partial charge in [-0.3, -0.25) is 0 Å². The molecule has 1 heterocycles. The average Bonchev–Trinajstić information content (AvgIpc) is 2.50. The molecule has 1 aliphatic rings. The van der Waals surface area contributed by atoms with Crippen molar-refractivity contribution < 1.29 is 9.47 Å². The van der Waals surface area contributed by atoms with Crippen molar-refractivity contribution in [2.24, 2.45) is 0 Å². The van der Waals surface area contributed by atoms with Gasteiger partial charge >= 0.3 is 0 Å². The Balaban J connectivity index is 2.13.